The van der Waals surface area contributed by atoms with Crippen LogP contribution in [0.15, 0.2) is 16.7 Å². The highest BCUT2D eigenvalue weighted by Crippen LogP contribution is 2.30. The van der Waals surface area contributed by atoms with Gasteiger partial charge >= 0.3 is 0 Å². The van der Waals surface area contributed by atoms with Gasteiger partial charge in [0.25, 0.3) is 0 Å². The molecule has 66 valence electrons. The van der Waals surface area contributed by atoms with E-state index in [4.69, 9.17) is 0 Å². The summed E-state index contributed by atoms with van der Waals surface area (Å²) >= 11 is 3.55. The van der Waals surface area contributed by atoms with Crippen LogP contribution in [0.5, 0.6) is 0 Å². The molecule has 0 atom stereocenters. The number of halogens is 1. The highest BCUT2D eigenvalue weighted by Gasteiger charge is 2.17. The highest BCUT2D eigenvalue weighted by molar-refractivity contribution is 9.10. The predicted octanol–water partition coefficient (Wildman–Crippen LogP) is 3.45. The van der Waals surface area contributed by atoms with Crippen molar-refractivity contribution < 1.29 is 0 Å². The van der Waals surface area contributed by atoms with Gasteiger partial charge in [-0.1, -0.05) is 20.8 Å². The summed E-state index contributed by atoms with van der Waals surface area (Å²) in [5.74, 6) is 0. The maximum absolute atomic E-state index is 4.21. The Kier molecular flexibility index (Phi) is 2.57. The Bertz CT molecular complexity index is 286. The maximum Gasteiger partial charge on any atom is 0.0517 e. The van der Waals surface area contributed by atoms with Crippen LogP contribution in [0.25, 0.3) is 0 Å². The highest BCUT2D eigenvalue weighted by atomic mass is 79.9. The van der Waals surface area contributed by atoms with E-state index in [0.717, 1.165) is 10.2 Å². The van der Waals surface area contributed by atoms with Crippen molar-refractivity contribution >= 4 is 15.9 Å². The molecule has 0 fully saturated rings. The smallest absolute Gasteiger partial charge is 0.0517 e. The van der Waals surface area contributed by atoms with E-state index in [2.05, 4.69) is 47.8 Å². The van der Waals surface area contributed by atoms with Crippen molar-refractivity contribution in [2.75, 3.05) is 0 Å². The molecule has 0 amide bonds. The van der Waals surface area contributed by atoms with Gasteiger partial charge in [0.2, 0.25) is 0 Å². The van der Waals surface area contributed by atoms with Crippen LogP contribution in [0.1, 0.15) is 32.0 Å². The van der Waals surface area contributed by atoms with E-state index in [-0.39, 0.29) is 5.41 Å². The van der Waals surface area contributed by atoms with E-state index in [1.165, 1.54) is 5.56 Å². The summed E-state index contributed by atoms with van der Waals surface area (Å²) in [4.78, 5) is 4.21. The molecule has 0 saturated heterocycles. The van der Waals surface area contributed by atoms with Crippen LogP contribution < -0.4 is 0 Å². The summed E-state index contributed by atoms with van der Waals surface area (Å²) in [7, 11) is 0. The summed E-state index contributed by atoms with van der Waals surface area (Å²) in [6.45, 7) is 8.62. The van der Waals surface area contributed by atoms with E-state index in [1.807, 2.05) is 13.1 Å². The second kappa shape index (κ2) is 3.17. The molecule has 1 aromatic heterocycles. The van der Waals surface area contributed by atoms with Crippen LogP contribution in [0.4, 0.5) is 0 Å². The Morgan fingerprint density at radius 3 is 2.33 bits per heavy atom. The molecule has 12 heavy (non-hydrogen) atoms. The molecule has 0 spiro atoms. The third-order valence-electron chi connectivity index (χ3n) is 1.87. The SMILES string of the molecule is Cc1nccc(C(C)(C)C)c1Br. The monoisotopic (exact) mass is 227 g/mol. The van der Waals surface area contributed by atoms with Crippen LogP contribution in [0, 0.1) is 6.92 Å². The molecule has 1 aromatic rings. The largest absolute Gasteiger partial charge is 0.260 e. The van der Waals surface area contributed by atoms with Crippen molar-refractivity contribution in [2.24, 2.45) is 0 Å². The molecule has 0 radical (unpaired) electrons. The first-order valence-electron chi connectivity index (χ1n) is 4.04. The zero-order chi connectivity index (χ0) is 9.35. The van der Waals surface area contributed by atoms with Gasteiger partial charge < -0.3 is 0 Å². The molecule has 0 saturated carbocycles. The first-order chi connectivity index (χ1) is 5.43. The number of pyridine rings is 1. The molecule has 0 aromatic carbocycles. The number of hydrogen-bond acceptors (Lipinski definition) is 1. The lowest BCUT2D eigenvalue weighted by atomic mass is 9.87. The molecular weight excluding hydrogens is 214 g/mol. The number of aromatic nitrogens is 1. The van der Waals surface area contributed by atoms with Crippen molar-refractivity contribution in [3.63, 3.8) is 0 Å². The molecule has 0 aliphatic heterocycles. The van der Waals surface area contributed by atoms with Gasteiger partial charge in [0.1, 0.15) is 0 Å². The van der Waals surface area contributed by atoms with Gasteiger partial charge in [-0.05, 0) is 39.9 Å². The lowest BCUT2D eigenvalue weighted by Gasteiger charge is -2.21. The third kappa shape index (κ3) is 1.86. The molecular formula is C10H14BrN. The van der Waals surface area contributed by atoms with Gasteiger partial charge in [-0.3, -0.25) is 4.98 Å². The first-order valence-corrected chi connectivity index (χ1v) is 4.84. The molecule has 1 nitrogen and oxygen atoms in total. The van der Waals surface area contributed by atoms with Crippen LogP contribution in [0.3, 0.4) is 0 Å². The molecule has 0 aliphatic carbocycles. The summed E-state index contributed by atoms with van der Waals surface area (Å²) < 4.78 is 1.14. The van der Waals surface area contributed by atoms with Crippen LogP contribution >= 0.6 is 15.9 Å². The van der Waals surface area contributed by atoms with Crippen molar-refractivity contribution in [1.82, 2.24) is 4.98 Å². The molecule has 0 N–H and O–H groups in total. The van der Waals surface area contributed by atoms with Gasteiger partial charge in [0.05, 0.1) is 5.69 Å². The van der Waals surface area contributed by atoms with E-state index in [9.17, 15) is 0 Å². The minimum absolute atomic E-state index is 0.187. The molecule has 0 aliphatic rings. The van der Waals surface area contributed by atoms with Gasteiger partial charge in [-0.2, -0.15) is 0 Å². The van der Waals surface area contributed by atoms with E-state index in [0.29, 0.717) is 0 Å². The molecule has 1 rings (SSSR count). The van der Waals surface area contributed by atoms with Crippen LogP contribution in [-0.4, -0.2) is 4.98 Å². The minimum atomic E-state index is 0.187. The van der Waals surface area contributed by atoms with Gasteiger partial charge in [0, 0.05) is 10.7 Å². The topological polar surface area (TPSA) is 12.9 Å². The summed E-state index contributed by atoms with van der Waals surface area (Å²) in [6.07, 6.45) is 1.86. The molecule has 0 unspecified atom stereocenters. The zero-order valence-electron chi connectivity index (χ0n) is 7.98. The Morgan fingerprint density at radius 2 is 1.92 bits per heavy atom. The molecule has 0 bridgehead atoms. The third-order valence-corrected chi connectivity index (χ3v) is 2.87. The van der Waals surface area contributed by atoms with E-state index < -0.39 is 0 Å². The molecule has 1 heterocycles. The quantitative estimate of drug-likeness (QED) is 0.662. The minimum Gasteiger partial charge on any atom is -0.260 e. The fourth-order valence-electron chi connectivity index (χ4n) is 1.13. The lowest BCUT2D eigenvalue weighted by Crippen LogP contribution is -2.12. The van der Waals surface area contributed by atoms with Crippen LogP contribution in [0.2, 0.25) is 0 Å². The van der Waals surface area contributed by atoms with Crippen molar-refractivity contribution in [2.45, 2.75) is 33.1 Å². The van der Waals surface area contributed by atoms with Gasteiger partial charge in [0.15, 0.2) is 0 Å². The van der Waals surface area contributed by atoms with Gasteiger partial charge in [-0.25, -0.2) is 0 Å². The Balaban J connectivity index is 3.26. The second-order valence-corrected chi connectivity index (χ2v) is 4.80. The predicted molar refractivity (Wildman–Crippen MR) is 55.4 cm³/mol. The average molecular weight is 228 g/mol. The van der Waals surface area contributed by atoms with Crippen molar-refractivity contribution in [3.8, 4) is 0 Å². The summed E-state index contributed by atoms with van der Waals surface area (Å²) in [6, 6.07) is 2.07. The lowest BCUT2D eigenvalue weighted by molar-refractivity contribution is 0.585. The normalized spacial score (nSPS) is 11.8. The summed E-state index contributed by atoms with van der Waals surface area (Å²) in [5, 5.41) is 0. The standard InChI is InChI=1S/C10H14BrN/c1-7-9(11)8(5-6-12-7)10(2,3)4/h5-6H,1-4H3. The average Bonchev–Trinajstić information content (AvgIpc) is 1.92. The Morgan fingerprint density at radius 1 is 1.33 bits per heavy atom. The number of rotatable bonds is 0. The fourth-order valence-corrected chi connectivity index (χ4v) is 1.96. The van der Waals surface area contributed by atoms with Crippen molar-refractivity contribution in [3.05, 3.63) is 28.0 Å². The zero-order valence-corrected chi connectivity index (χ0v) is 9.57. The Labute approximate surface area is 82.3 Å². The van der Waals surface area contributed by atoms with E-state index in [1.54, 1.807) is 0 Å². The second-order valence-electron chi connectivity index (χ2n) is 4.01. The van der Waals surface area contributed by atoms with Gasteiger partial charge in [-0.15, -0.1) is 0 Å². The number of nitrogens with zero attached hydrogens (tertiary/aromatic N) is 1. The maximum atomic E-state index is 4.21. The number of aryl methyl sites for hydroxylation is 1. The molecule has 2 heteroatoms. The Hall–Kier alpha value is -0.370. The summed E-state index contributed by atoms with van der Waals surface area (Å²) in [5.41, 5.74) is 2.56. The van der Waals surface area contributed by atoms with Crippen LogP contribution in [-0.2, 0) is 5.41 Å². The number of hydrogen-bond donors (Lipinski definition) is 0. The van der Waals surface area contributed by atoms with Crippen molar-refractivity contribution in [1.29, 1.82) is 0 Å². The first kappa shape index (κ1) is 9.72. The van der Waals surface area contributed by atoms with E-state index >= 15 is 0 Å². The fraction of sp³-hybridized carbons (Fsp3) is 0.500.